The zero-order chi connectivity index (χ0) is 20.4. The molecule has 5 nitrogen and oxygen atoms in total. The number of nitrogens with one attached hydrogen (secondary N) is 2. The van der Waals surface area contributed by atoms with Gasteiger partial charge in [0.05, 0.1) is 0 Å². The van der Waals surface area contributed by atoms with E-state index in [2.05, 4.69) is 15.5 Å². The number of nitrogens with zero attached hydrogens (tertiary/aromatic N) is 1. The van der Waals surface area contributed by atoms with Crippen molar-refractivity contribution in [1.29, 1.82) is 0 Å². The Kier molecular flexibility index (Phi) is 5.31. The summed E-state index contributed by atoms with van der Waals surface area (Å²) in [5.41, 5.74) is 2.22. The predicted octanol–water partition coefficient (Wildman–Crippen LogP) is 4.65. The highest BCUT2D eigenvalue weighted by Gasteiger charge is 2.15. The fraction of sp³-hybridized carbons (Fsp3) is 0.143. The van der Waals surface area contributed by atoms with Gasteiger partial charge in [-0.15, -0.1) is 0 Å². The molecule has 2 heterocycles. The Labute approximate surface area is 169 Å². The first kappa shape index (κ1) is 19.1. The van der Waals surface area contributed by atoms with Gasteiger partial charge in [0.2, 0.25) is 0 Å². The molecule has 0 bridgehead atoms. The molecule has 0 fully saturated rings. The molecule has 0 aliphatic heterocycles. The van der Waals surface area contributed by atoms with Gasteiger partial charge >= 0.3 is 0 Å². The van der Waals surface area contributed by atoms with Crippen LogP contribution in [0.15, 0.2) is 53.2 Å². The van der Waals surface area contributed by atoms with E-state index in [9.17, 15) is 13.6 Å². The topological polar surface area (TPSA) is 70.9 Å². The van der Waals surface area contributed by atoms with Gasteiger partial charge in [-0.3, -0.25) is 4.79 Å². The van der Waals surface area contributed by atoms with Crippen LogP contribution in [0.2, 0.25) is 5.02 Å². The summed E-state index contributed by atoms with van der Waals surface area (Å²) in [5.74, 6) is -1.23. The normalized spacial score (nSPS) is 11.1. The number of aromatic nitrogens is 2. The van der Waals surface area contributed by atoms with E-state index in [0.717, 1.165) is 34.7 Å². The molecular formula is C21H16ClF2N3O2. The number of benzene rings is 2. The summed E-state index contributed by atoms with van der Waals surface area (Å²) >= 11 is 6.04. The van der Waals surface area contributed by atoms with E-state index in [0.29, 0.717) is 18.0 Å². The van der Waals surface area contributed by atoms with E-state index in [1.54, 1.807) is 0 Å². The van der Waals surface area contributed by atoms with E-state index in [1.807, 2.05) is 24.4 Å². The minimum Gasteiger partial charge on any atom is -0.361 e. The van der Waals surface area contributed by atoms with Gasteiger partial charge in [-0.1, -0.05) is 16.8 Å². The van der Waals surface area contributed by atoms with Crippen LogP contribution in [0.3, 0.4) is 0 Å². The van der Waals surface area contributed by atoms with Crippen LogP contribution in [-0.4, -0.2) is 22.6 Å². The first-order valence-electron chi connectivity index (χ1n) is 8.93. The average molecular weight is 416 g/mol. The number of aromatic amines is 1. The molecule has 0 saturated heterocycles. The van der Waals surface area contributed by atoms with Gasteiger partial charge in [-0.2, -0.15) is 0 Å². The number of carbonyl (C=O) groups is 1. The van der Waals surface area contributed by atoms with Gasteiger partial charge in [0, 0.05) is 41.2 Å². The van der Waals surface area contributed by atoms with Crippen molar-refractivity contribution >= 4 is 28.4 Å². The minimum atomic E-state index is -0.548. The molecule has 1 amide bonds. The van der Waals surface area contributed by atoms with Crippen LogP contribution in [-0.2, 0) is 12.8 Å². The molecule has 0 radical (unpaired) electrons. The molecule has 0 saturated carbocycles. The lowest BCUT2D eigenvalue weighted by Crippen LogP contribution is -2.25. The lowest BCUT2D eigenvalue weighted by atomic mass is 10.1. The lowest BCUT2D eigenvalue weighted by molar-refractivity contribution is 0.0945. The second-order valence-corrected chi connectivity index (χ2v) is 7.04. The van der Waals surface area contributed by atoms with Crippen LogP contribution >= 0.6 is 11.6 Å². The number of amides is 1. The predicted molar refractivity (Wildman–Crippen MR) is 105 cm³/mol. The summed E-state index contributed by atoms with van der Waals surface area (Å²) in [5, 5.41) is 8.14. The van der Waals surface area contributed by atoms with Gasteiger partial charge in [0.1, 0.15) is 17.4 Å². The Morgan fingerprint density at radius 2 is 2.00 bits per heavy atom. The van der Waals surface area contributed by atoms with E-state index < -0.39 is 17.5 Å². The number of fused-ring (bicyclic) bond motifs is 1. The van der Waals surface area contributed by atoms with Gasteiger partial charge < -0.3 is 14.8 Å². The standard InChI is InChI=1S/C21H16ClF2N3O2/c22-14-1-4-19-17(9-14)12(11-26-19)5-6-25-21(28)20-10-16(29-27-20)8-13-7-15(23)2-3-18(13)24/h1-4,7,9-11,26H,5-6,8H2,(H,25,28). The van der Waals surface area contributed by atoms with Crippen molar-refractivity contribution in [2.24, 2.45) is 0 Å². The number of halogens is 3. The van der Waals surface area contributed by atoms with Crippen LogP contribution in [0.1, 0.15) is 27.4 Å². The molecule has 29 heavy (non-hydrogen) atoms. The summed E-state index contributed by atoms with van der Waals surface area (Å²) in [6.45, 7) is 0.388. The van der Waals surface area contributed by atoms with E-state index in [-0.39, 0.29) is 23.4 Å². The summed E-state index contributed by atoms with van der Waals surface area (Å²) in [6.07, 6.45) is 2.49. The summed E-state index contributed by atoms with van der Waals surface area (Å²) in [6, 6.07) is 10.2. The number of hydrogen-bond acceptors (Lipinski definition) is 3. The molecule has 8 heteroatoms. The monoisotopic (exact) mass is 415 g/mol. The second kappa shape index (κ2) is 8.05. The maximum Gasteiger partial charge on any atom is 0.273 e. The number of rotatable bonds is 6. The van der Waals surface area contributed by atoms with Gasteiger partial charge in [0.25, 0.3) is 5.91 Å². The van der Waals surface area contributed by atoms with Crippen LogP contribution in [0.25, 0.3) is 10.9 Å². The molecule has 2 N–H and O–H groups in total. The fourth-order valence-corrected chi connectivity index (χ4v) is 3.30. The quantitative estimate of drug-likeness (QED) is 0.481. The SMILES string of the molecule is O=C(NCCc1c[nH]c2ccc(Cl)cc12)c1cc(Cc2cc(F)ccc2F)on1. The molecular weight excluding hydrogens is 400 g/mol. The number of H-pyrrole nitrogens is 1. The third kappa shape index (κ3) is 4.30. The zero-order valence-electron chi connectivity index (χ0n) is 15.1. The first-order valence-corrected chi connectivity index (χ1v) is 9.30. The maximum absolute atomic E-state index is 13.7. The highest BCUT2D eigenvalue weighted by molar-refractivity contribution is 6.31. The summed E-state index contributed by atoms with van der Waals surface area (Å²) in [4.78, 5) is 15.4. The van der Waals surface area contributed by atoms with Crippen molar-refractivity contribution in [3.05, 3.63) is 87.9 Å². The molecule has 2 aromatic heterocycles. The number of hydrogen-bond donors (Lipinski definition) is 2. The number of carbonyl (C=O) groups excluding carboxylic acids is 1. The van der Waals surface area contributed by atoms with Gasteiger partial charge in [0.15, 0.2) is 5.69 Å². The molecule has 0 unspecified atom stereocenters. The lowest BCUT2D eigenvalue weighted by Gasteiger charge is -2.02. The van der Waals surface area contributed by atoms with Crippen molar-refractivity contribution in [3.8, 4) is 0 Å². The summed E-state index contributed by atoms with van der Waals surface area (Å²) in [7, 11) is 0. The van der Waals surface area contributed by atoms with Crippen molar-refractivity contribution in [2.45, 2.75) is 12.8 Å². The molecule has 0 spiro atoms. The van der Waals surface area contributed by atoms with Crippen LogP contribution in [0, 0.1) is 11.6 Å². The molecule has 0 aliphatic carbocycles. The Morgan fingerprint density at radius 3 is 2.86 bits per heavy atom. The Balaban J connectivity index is 1.36. The zero-order valence-corrected chi connectivity index (χ0v) is 15.9. The van der Waals surface area contributed by atoms with Gasteiger partial charge in [-0.05, 0) is 53.9 Å². The highest BCUT2D eigenvalue weighted by atomic mass is 35.5. The Hall–Kier alpha value is -3.19. The Morgan fingerprint density at radius 1 is 1.14 bits per heavy atom. The van der Waals surface area contributed by atoms with Crippen LogP contribution < -0.4 is 5.32 Å². The molecule has 2 aromatic carbocycles. The third-order valence-electron chi connectivity index (χ3n) is 4.57. The van der Waals surface area contributed by atoms with Crippen molar-refractivity contribution in [2.75, 3.05) is 6.54 Å². The molecule has 4 rings (SSSR count). The molecule has 0 aliphatic rings. The second-order valence-electron chi connectivity index (χ2n) is 6.60. The van der Waals surface area contributed by atoms with E-state index in [4.69, 9.17) is 16.1 Å². The largest absolute Gasteiger partial charge is 0.361 e. The molecule has 148 valence electrons. The van der Waals surface area contributed by atoms with Crippen LogP contribution in [0.4, 0.5) is 8.78 Å². The van der Waals surface area contributed by atoms with Crippen LogP contribution in [0.5, 0.6) is 0 Å². The summed E-state index contributed by atoms with van der Waals surface area (Å²) < 4.78 is 32.1. The minimum absolute atomic E-state index is 0.0000277. The smallest absolute Gasteiger partial charge is 0.273 e. The van der Waals surface area contributed by atoms with Gasteiger partial charge in [-0.25, -0.2) is 8.78 Å². The maximum atomic E-state index is 13.7. The van der Waals surface area contributed by atoms with E-state index in [1.165, 1.54) is 6.07 Å². The highest BCUT2D eigenvalue weighted by Crippen LogP contribution is 2.22. The van der Waals surface area contributed by atoms with E-state index >= 15 is 0 Å². The Bertz CT molecular complexity index is 1190. The molecule has 0 atom stereocenters. The van der Waals surface area contributed by atoms with Crippen molar-refractivity contribution < 1.29 is 18.1 Å². The van der Waals surface area contributed by atoms with Crippen molar-refractivity contribution in [1.82, 2.24) is 15.5 Å². The fourth-order valence-electron chi connectivity index (χ4n) is 3.13. The molecule has 4 aromatic rings. The first-order chi connectivity index (χ1) is 14.0. The average Bonchev–Trinajstić information content (AvgIpc) is 3.32. The third-order valence-corrected chi connectivity index (χ3v) is 4.81. The van der Waals surface area contributed by atoms with Crippen molar-refractivity contribution in [3.63, 3.8) is 0 Å².